The number of hydrogen-bond donors (Lipinski definition) is 0. The van der Waals surface area contributed by atoms with Crippen LogP contribution in [0.2, 0.25) is 0 Å². The highest BCUT2D eigenvalue weighted by atomic mass is 16.6. The van der Waals surface area contributed by atoms with Gasteiger partial charge in [-0.3, -0.25) is 14.4 Å². The first-order chi connectivity index (χ1) is 37.0. The molecule has 0 rings (SSSR count). The molecule has 0 aliphatic rings. The van der Waals surface area contributed by atoms with Crippen LogP contribution in [0.5, 0.6) is 0 Å². The number of esters is 3. The maximum Gasteiger partial charge on any atom is 0.306 e. The first-order valence-corrected chi connectivity index (χ1v) is 30.7. The molecule has 0 radical (unpaired) electrons. The van der Waals surface area contributed by atoms with E-state index in [4.69, 9.17) is 14.2 Å². The third-order valence-electron chi connectivity index (χ3n) is 12.6. The van der Waals surface area contributed by atoms with E-state index in [1.165, 1.54) is 83.5 Å². The molecule has 424 valence electrons. The molecule has 0 aliphatic heterocycles. The van der Waals surface area contributed by atoms with E-state index in [0.717, 1.165) is 135 Å². The van der Waals surface area contributed by atoms with Crippen molar-refractivity contribution in [1.82, 2.24) is 0 Å². The minimum atomic E-state index is -0.813. The Morgan fingerprint density at radius 2 is 0.520 bits per heavy atom. The molecule has 0 aromatic rings. The number of ether oxygens (including phenoxy) is 3. The van der Waals surface area contributed by atoms with Crippen LogP contribution in [0.15, 0.2) is 134 Å². The first-order valence-electron chi connectivity index (χ1n) is 30.7. The Bertz CT molecular complexity index is 1620. The van der Waals surface area contributed by atoms with Gasteiger partial charge < -0.3 is 14.2 Å². The van der Waals surface area contributed by atoms with Crippen LogP contribution in [0.4, 0.5) is 0 Å². The molecular weight excluding hydrogens is 925 g/mol. The highest BCUT2D eigenvalue weighted by molar-refractivity contribution is 5.71. The predicted molar refractivity (Wildman–Crippen MR) is 325 cm³/mol. The molecule has 0 heterocycles. The Labute approximate surface area is 462 Å². The number of rotatable bonds is 54. The van der Waals surface area contributed by atoms with Crippen LogP contribution in [0.3, 0.4) is 0 Å². The monoisotopic (exact) mass is 1040 g/mol. The summed E-state index contributed by atoms with van der Waals surface area (Å²) in [5, 5.41) is 0. The lowest BCUT2D eigenvalue weighted by atomic mass is 10.1. The molecule has 1 unspecified atom stereocenters. The van der Waals surface area contributed by atoms with Crippen LogP contribution in [0.25, 0.3) is 0 Å². The Morgan fingerprint density at radius 3 is 0.840 bits per heavy atom. The van der Waals surface area contributed by atoms with Crippen molar-refractivity contribution < 1.29 is 28.6 Å². The lowest BCUT2D eigenvalue weighted by Crippen LogP contribution is -2.30. The average molecular weight is 1040 g/mol. The van der Waals surface area contributed by atoms with Crippen LogP contribution in [-0.2, 0) is 28.6 Å². The Hall–Kier alpha value is -4.45. The summed E-state index contributed by atoms with van der Waals surface area (Å²) >= 11 is 0. The minimum Gasteiger partial charge on any atom is -0.462 e. The van der Waals surface area contributed by atoms with Crippen molar-refractivity contribution >= 4 is 17.9 Å². The van der Waals surface area contributed by atoms with E-state index in [-0.39, 0.29) is 31.1 Å². The van der Waals surface area contributed by atoms with Crippen LogP contribution in [-0.4, -0.2) is 37.2 Å². The molecule has 75 heavy (non-hydrogen) atoms. The van der Waals surface area contributed by atoms with Crippen molar-refractivity contribution in [1.29, 1.82) is 0 Å². The molecule has 0 aromatic heterocycles. The second kappa shape index (κ2) is 62.1. The molecular formula is C69H112O6. The third-order valence-corrected chi connectivity index (χ3v) is 12.6. The lowest BCUT2D eigenvalue weighted by molar-refractivity contribution is -0.167. The topological polar surface area (TPSA) is 78.9 Å². The fourth-order valence-corrected chi connectivity index (χ4v) is 8.08. The minimum absolute atomic E-state index is 0.105. The third kappa shape index (κ3) is 60.3. The number of hydrogen-bond acceptors (Lipinski definition) is 6. The van der Waals surface area contributed by atoms with E-state index in [1.807, 2.05) is 0 Å². The molecule has 0 saturated carbocycles. The predicted octanol–water partition coefficient (Wildman–Crippen LogP) is 21.0. The molecule has 6 nitrogen and oxygen atoms in total. The summed E-state index contributed by atoms with van der Waals surface area (Å²) in [4.78, 5) is 38.3. The summed E-state index contributed by atoms with van der Waals surface area (Å²) in [5.41, 5.74) is 0. The van der Waals surface area contributed by atoms with Crippen LogP contribution in [0, 0.1) is 0 Å². The van der Waals surface area contributed by atoms with Gasteiger partial charge in [0.25, 0.3) is 0 Å². The SMILES string of the molecule is CC/C=C\C/C=C\C/C=C\C/C=C\CCCCCCCCC(=O)OC(COC(=O)CCCC/C=C\C/C=C\C/C=C\C/C=C\CC)COC(=O)CCCCCCCCCC/C=C\C/C=C\C/C=C\CCCCCCC. The van der Waals surface area contributed by atoms with Gasteiger partial charge in [0.2, 0.25) is 0 Å². The van der Waals surface area contributed by atoms with E-state index in [0.29, 0.717) is 25.7 Å². The highest BCUT2D eigenvalue weighted by Gasteiger charge is 2.19. The molecule has 0 spiro atoms. The fourth-order valence-electron chi connectivity index (χ4n) is 8.08. The van der Waals surface area contributed by atoms with Gasteiger partial charge in [0.05, 0.1) is 0 Å². The number of allylic oxidation sites excluding steroid dienone is 22. The molecule has 6 heteroatoms. The van der Waals surface area contributed by atoms with E-state index in [1.54, 1.807) is 0 Å². The second-order valence-corrected chi connectivity index (χ2v) is 19.8. The molecule has 0 bridgehead atoms. The summed E-state index contributed by atoms with van der Waals surface area (Å²) in [5.74, 6) is -0.970. The zero-order chi connectivity index (χ0) is 54.3. The quantitative estimate of drug-likeness (QED) is 0.0261. The van der Waals surface area contributed by atoms with Crippen molar-refractivity contribution in [3.63, 3.8) is 0 Å². The molecule has 0 fully saturated rings. The maximum atomic E-state index is 12.9. The molecule has 0 aromatic carbocycles. The van der Waals surface area contributed by atoms with Crippen molar-refractivity contribution in [2.45, 2.75) is 271 Å². The van der Waals surface area contributed by atoms with Gasteiger partial charge in [0, 0.05) is 19.3 Å². The average Bonchev–Trinajstić information content (AvgIpc) is 3.41. The molecule has 0 aliphatic carbocycles. The fraction of sp³-hybridized carbons (Fsp3) is 0.638. The number of carbonyl (C=O) groups is 3. The summed E-state index contributed by atoms with van der Waals surface area (Å²) < 4.78 is 16.9. The Kier molecular flexibility index (Phi) is 58.4. The summed E-state index contributed by atoms with van der Waals surface area (Å²) in [6, 6.07) is 0. The van der Waals surface area contributed by atoms with Gasteiger partial charge in [0.15, 0.2) is 6.10 Å². The van der Waals surface area contributed by atoms with Gasteiger partial charge in [-0.25, -0.2) is 0 Å². The molecule has 0 N–H and O–H groups in total. The van der Waals surface area contributed by atoms with Gasteiger partial charge in [-0.15, -0.1) is 0 Å². The lowest BCUT2D eigenvalue weighted by Gasteiger charge is -2.18. The van der Waals surface area contributed by atoms with Crippen molar-refractivity contribution in [2.75, 3.05) is 13.2 Å². The largest absolute Gasteiger partial charge is 0.462 e. The van der Waals surface area contributed by atoms with Gasteiger partial charge in [0.1, 0.15) is 13.2 Å². The van der Waals surface area contributed by atoms with Crippen LogP contribution in [0.1, 0.15) is 265 Å². The van der Waals surface area contributed by atoms with Gasteiger partial charge in [-0.1, -0.05) is 244 Å². The highest BCUT2D eigenvalue weighted by Crippen LogP contribution is 2.14. The van der Waals surface area contributed by atoms with Gasteiger partial charge in [-0.2, -0.15) is 0 Å². The molecule has 0 amide bonds. The number of carbonyl (C=O) groups excluding carboxylic acids is 3. The van der Waals surface area contributed by atoms with Gasteiger partial charge in [-0.05, 0) is 135 Å². The van der Waals surface area contributed by atoms with E-state index in [9.17, 15) is 14.4 Å². The molecule has 1 atom stereocenters. The van der Waals surface area contributed by atoms with Crippen molar-refractivity contribution in [3.8, 4) is 0 Å². The van der Waals surface area contributed by atoms with Crippen LogP contribution >= 0.6 is 0 Å². The summed E-state index contributed by atoms with van der Waals surface area (Å²) in [6.07, 6.45) is 87.3. The zero-order valence-electron chi connectivity index (χ0n) is 48.5. The van der Waals surface area contributed by atoms with Crippen molar-refractivity contribution in [2.24, 2.45) is 0 Å². The van der Waals surface area contributed by atoms with E-state index in [2.05, 4.69) is 154 Å². The normalized spacial score (nSPS) is 13.1. The smallest absolute Gasteiger partial charge is 0.306 e. The summed E-state index contributed by atoms with van der Waals surface area (Å²) in [6.45, 7) is 6.35. The second-order valence-electron chi connectivity index (χ2n) is 19.8. The standard InChI is InChI=1S/C69H112O6/c1-4-7-10-13-16-19-22-25-28-30-32-33-34-35-37-38-41-44-47-50-53-56-59-62-68(71)74-65-66(64-73-67(70)61-58-55-52-49-46-43-40-27-24-21-18-15-12-9-6-3)75-69(72)63-60-57-54-51-48-45-42-39-36-31-29-26-23-20-17-14-11-8-5-2/h8-9,11-12,17-18,20-22,25-27,29-30,32,34-36,39-40,46,49,66H,4-7,10,13-16,19,23-24,28,31,33,37-38,41-45,47-48,50-65H2,1-3H3/b11-8-,12-9-,20-17-,21-18-,25-22-,29-26-,32-30-,35-34-,39-36-,40-27-,49-46-. The van der Waals surface area contributed by atoms with Crippen LogP contribution < -0.4 is 0 Å². The van der Waals surface area contributed by atoms with E-state index >= 15 is 0 Å². The Balaban J connectivity index is 4.47. The number of unbranched alkanes of at least 4 members (excludes halogenated alkanes) is 21. The van der Waals surface area contributed by atoms with Gasteiger partial charge >= 0.3 is 17.9 Å². The Morgan fingerprint density at radius 1 is 0.280 bits per heavy atom. The first kappa shape index (κ1) is 70.5. The summed E-state index contributed by atoms with van der Waals surface area (Å²) in [7, 11) is 0. The van der Waals surface area contributed by atoms with E-state index < -0.39 is 6.10 Å². The maximum absolute atomic E-state index is 12.9. The van der Waals surface area contributed by atoms with Crippen molar-refractivity contribution in [3.05, 3.63) is 134 Å². The molecule has 0 saturated heterocycles. The zero-order valence-corrected chi connectivity index (χ0v) is 48.5.